The third-order valence-corrected chi connectivity index (χ3v) is 2.58. The predicted molar refractivity (Wildman–Crippen MR) is 60.0 cm³/mol. The topological polar surface area (TPSA) is 49.6 Å². The highest BCUT2D eigenvalue weighted by molar-refractivity contribution is 5.72. The predicted octanol–water partition coefficient (Wildman–Crippen LogP) is 2.56. The van der Waals surface area contributed by atoms with E-state index in [4.69, 9.17) is 5.26 Å². The molecule has 3 aliphatic rings. The molecule has 0 saturated carbocycles. The van der Waals surface area contributed by atoms with E-state index >= 15 is 0 Å². The van der Waals surface area contributed by atoms with Crippen molar-refractivity contribution in [3.8, 4) is 28.6 Å². The number of fused-ring (bicyclic) bond motifs is 2. The van der Waals surface area contributed by atoms with Crippen LogP contribution in [0.3, 0.4) is 0 Å². The van der Waals surface area contributed by atoms with Gasteiger partial charge in [-0.15, -0.1) is 0 Å². The van der Waals surface area contributed by atoms with Gasteiger partial charge >= 0.3 is 0 Å². The fourth-order valence-electron chi connectivity index (χ4n) is 1.78. The number of hydrogen-bond acceptors (Lipinski definition) is 3. The highest BCUT2D eigenvalue weighted by atomic mass is 14.9. The zero-order valence-corrected chi connectivity index (χ0v) is 8.38. The van der Waals surface area contributed by atoms with Gasteiger partial charge in [0.15, 0.2) is 0 Å². The maximum atomic E-state index is 8.84. The molecule has 2 aliphatic carbocycles. The van der Waals surface area contributed by atoms with E-state index in [1.54, 1.807) is 6.33 Å². The molecule has 3 rings (SSSR count). The summed E-state index contributed by atoms with van der Waals surface area (Å²) in [6.07, 6.45) is 1.55. The molecular formula is C13H7N3. The SMILES string of the molecule is N#Cc1cc2ccc3ncnc-3ccc-2c1. The first-order chi connectivity index (χ1) is 7.86. The lowest BCUT2D eigenvalue weighted by molar-refractivity contribution is 1.33. The van der Waals surface area contributed by atoms with Gasteiger partial charge < -0.3 is 0 Å². The Morgan fingerprint density at radius 1 is 0.875 bits per heavy atom. The molecular weight excluding hydrogens is 198 g/mol. The summed E-state index contributed by atoms with van der Waals surface area (Å²) < 4.78 is 0. The number of aromatic nitrogens is 2. The third kappa shape index (κ3) is 1.29. The maximum absolute atomic E-state index is 8.84. The summed E-state index contributed by atoms with van der Waals surface area (Å²) in [5.74, 6) is 0. The van der Waals surface area contributed by atoms with E-state index in [0.29, 0.717) is 5.56 Å². The van der Waals surface area contributed by atoms with E-state index in [1.165, 1.54) is 0 Å². The van der Waals surface area contributed by atoms with E-state index in [9.17, 15) is 0 Å². The smallest absolute Gasteiger partial charge is 0.116 e. The average Bonchev–Trinajstić information content (AvgIpc) is 2.86. The van der Waals surface area contributed by atoms with Gasteiger partial charge in [-0.05, 0) is 35.4 Å². The standard InChI is InChI=1S/C13H7N3/c14-7-9-5-10-1-3-12-13(16-8-15-12)4-2-11(10)6-9/h1-6,8H. The molecule has 16 heavy (non-hydrogen) atoms. The molecule has 0 N–H and O–H groups in total. The minimum absolute atomic E-state index is 0.682. The van der Waals surface area contributed by atoms with Gasteiger partial charge in [0, 0.05) is 0 Å². The molecule has 0 saturated heterocycles. The van der Waals surface area contributed by atoms with Crippen LogP contribution in [0.4, 0.5) is 0 Å². The van der Waals surface area contributed by atoms with E-state index < -0.39 is 0 Å². The van der Waals surface area contributed by atoms with Gasteiger partial charge in [0.25, 0.3) is 0 Å². The van der Waals surface area contributed by atoms with Gasteiger partial charge in [-0.25, -0.2) is 9.97 Å². The van der Waals surface area contributed by atoms with Crippen molar-refractivity contribution >= 4 is 0 Å². The molecule has 0 aromatic heterocycles. The molecule has 0 spiro atoms. The fourth-order valence-corrected chi connectivity index (χ4v) is 1.78. The molecule has 1 heterocycles. The Morgan fingerprint density at radius 3 is 1.94 bits per heavy atom. The Labute approximate surface area is 92.7 Å². The molecule has 3 heteroatoms. The monoisotopic (exact) mass is 205 g/mol. The molecule has 0 atom stereocenters. The summed E-state index contributed by atoms with van der Waals surface area (Å²) in [6, 6.07) is 13.7. The van der Waals surface area contributed by atoms with Gasteiger partial charge in [-0.3, -0.25) is 0 Å². The van der Waals surface area contributed by atoms with Crippen molar-refractivity contribution in [3.05, 3.63) is 48.3 Å². The molecule has 0 aromatic rings. The van der Waals surface area contributed by atoms with Crippen molar-refractivity contribution in [3.63, 3.8) is 0 Å². The first kappa shape index (κ1) is 8.81. The first-order valence-electron chi connectivity index (χ1n) is 4.91. The van der Waals surface area contributed by atoms with Crippen molar-refractivity contribution in [2.75, 3.05) is 0 Å². The second-order valence-electron chi connectivity index (χ2n) is 3.58. The van der Waals surface area contributed by atoms with Crippen LogP contribution in [-0.4, -0.2) is 9.97 Å². The zero-order chi connectivity index (χ0) is 11.0. The minimum Gasteiger partial charge on any atom is -0.235 e. The Hall–Kier alpha value is -2.47. The third-order valence-electron chi connectivity index (χ3n) is 2.58. The van der Waals surface area contributed by atoms with Crippen LogP contribution in [0.5, 0.6) is 0 Å². The molecule has 0 amide bonds. The molecule has 1 aliphatic heterocycles. The minimum atomic E-state index is 0.682. The van der Waals surface area contributed by atoms with Gasteiger partial charge in [0.05, 0.1) is 23.0 Å². The largest absolute Gasteiger partial charge is 0.235 e. The van der Waals surface area contributed by atoms with Crippen LogP contribution in [0, 0.1) is 11.3 Å². The van der Waals surface area contributed by atoms with Gasteiger partial charge in [-0.1, -0.05) is 12.1 Å². The number of rotatable bonds is 0. The molecule has 0 unspecified atom stereocenters. The van der Waals surface area contributed by atoms with Crippen molar-refractivity contribution in [1.29, 1.82) is 5.26 Å². The second kappa shape index (κ2) is 3.28. The van der Waals surface area contributed by atoms with Crippen LogP contribution in [0.1, 0.15) is 5.56 Å². The second-order valence-corrected chi connectivity index (χ2v) is 3.58. The van der Waals surface area contributed by atoms with Gasteiger partial charge in [0.1, 0.15) is 6.33 Å². The Balaban J connectivity index is 2.30. The molecule has 0 radical (unpaired) electrons. The van der Waals surface area contributed by atoms with Crippen molar-refractivity contribution < 1.29 is 0 Å². The molecule has 3 nitrogen and oxygen atoms in total. The van der Waals surface area contributed by atoms with Crippen LogP contribution in [0.25, 0.3) is 22.5 Å². The summed E-state index contributed by atoms with van der Waals surface area (Å²) >= 11 is 0. The molecule has 0 bridgehead atoms. The molecule has 0 fully saturated rings. The van der Waals surface area contributed by atoms with Gasteiger partial charge in [-0.2, -0.15) is 5.26 Å². The lowest BCUT2D eigenvalue weighted by atomic mass is 10.1. The Kier molecular flexibility index (Phi) is 1.81. The lowest BCUT2D eigenvalue weighted by Crippen LogP contribution is -1.75. The van der Waals surface area contributed by atoms with Crippen LogP contribution < -0.4 is 0 Å². The average molecular weight is 205 g/mol. The summed E-state index contributed by atoms with van der Waals surface area (Å²) in [6.45, 7) is 0. The van der Waals surface area contributed by atoms with Crippen LogP contribution in [0.2, 0.25) is 0 Å². The molecule has 0 aromatic carbocycles. The van der Waals surface area contributed by atoms with Crippen molar-refractivity contribution in [1.82, 2.24) is 9.97 Å². The van der Waals surface area contributed by atoms with Gasteiger partial charge in [0.2, 0.25) is 0 Å². The number of nitrogens with zero attached hydrogens (tertiary/aromatic N) is 3. The van der Waals surface area contributed by atoms with E-state index in [1.807, 2.05) is 36.4 Å². The first-order valence-corrected chi connectivity index (χ1v) is 4.91. The summed E-state index contributed by atoms with van der Waals surface area (Å²) in [4.78, 5) is 8.29. The maximum Gasteiger partial charge on any atom is 0.116 e. The highest BCUT2D eigenvalue weighted by Gasteiger charge is 2.06. The normalized spacial score (nSPS) is 10.4. The van der Waals surface area contributed by atoms with E-state index in [2.05, 4.69) is 16.0 Å². The van der Waals surface area contributed by atoms with Crippen molar-refractivity contribution in [2.24, 2.45) is 0 Å². The summed E-state index contributed by atoms with van der Waals surface area (Å²) in [7, 11) is 0. The number of nitriles is 1. The zero-order valence-electron chi connectivity index (χ0n) is 8.38. The molecule has 74 valence electrons. The van der Waals surface area contributed by atoms with Crippen LogP contribution >= 0.6 is 0 Å². The summed E-state index contributed by atoms with van der Waals surface area (Å²) in [5, 5.41) is 8.84. The Morgan fingerprint density at radius 2 is 1.44 bits per heavy atom. The van der Waals surface area contributed by atoms with E-state index in [-0.39, 0.29) is 0 Å². The summed E-state index contributed by atoms with van der Waals surface area (Å²) in [5.41, 5.74) is 4.49. The van der Waals surface area contributed by atoms with E-state index in [0.717, 1.165) is 22.5 Å². The number of hydrogen-bond donors (Lipinski definition) is 0. The van der Waals surface area contributed by atoms with Crippen molar-refractivity contribution in [2.45, 2.75) is 0 Å². The number of imidazole rings is 1. The van der Waals surface area contributed by atoms with Crippen LogP contribution in [-0.2, 0) is 0 Å². The van der Waals surface area contributed by atoms with Crippen LogP contribution in [0.15, 0.2) is 42.7 Å². The Bertz CT molecular complexity index is 592. The quantitative estimate of drug-likeness (QED) is 0.566. The lowest BCUT2D eigenvalue weighted by Gasteiger charge is -1.95. The highest BCUT2D eigenvalue weighted by Crippen LogP contribution is 2.26. The fraction of sp³-hybridized carbons (Fsp3) is 0.